The molecule has 0 atom stereocenters. The van der Waals surface area contributed by atoms with Crippen molar-refractivity contribution in [1.82, 2.24) is 15.1 Å². The van der Waals surface area contributed by atoms with Crippen molar-refractivity contribution >= 4 is 0 Å². The summed E-state index contributed by atoms with van der Waals surface area (Å²) < 4.78 is 2.10. The fourth-order valence-electron chi connectivity index (χ4n) is 2.57. The topological polar surface area (TPSA) is 29.9 Å². The molecule has 3 heteroatoms. The molecule has 3 nitrogen and oxygen atoms in total. The van der Waals surface area contributed by atoms with Crippen LogP contribution in [0.3, 0.4) is 0 Å². The van der Waals surface area contributed by atoms with Crippen LogP contribution in [-0.2, 0) is 19.5 Å². The average molecular weight is 285 g/mol. The van der Waals surface area contributed by atoms with E-state index in [0.29, 0.717) is 6.04 Å². The molecule has 0 bridgehead atoms. The molecule has 1 aromatic carbocycles. The molecule has 0 fully saturated rings. The Morgan fingerprint density at radius 3 is 2.24 bits per heavy atom. The molecule has 114 valence electrons. The van der Waals surface area contributed by atoms with E-state index in [1.165, 1.54) is 11.1 Å². The minimum absolute atomic E-state index is 0.528. The second-order valence-electron chi connectivity index (χ2n) is 5.53. The van der Waals surface area contributed by atoms with Crippen LogP contribution < -0.4 is 5.32 Å². The van der Waals surface area contributed by atoms with E-state index >= 15 is 0 Å². The van der Waals surface area contributed by atoms with E-state index in [1.54, 1.807) is 0 Å². The predicted molar refractivity (Wildman–Crippen MR) is 88.2 cm³/mol. The zero-order valence-corrected chi connectivity index (χ0v) is 13.5. The lowest BCUT2D eigenvalue weighted by molar-refractivity contribution is 0.424. The summed E-state index contributed by atoms with van der Waals surface area (Å²) in [5, 5.41) is 8.13. The molecule has 2 rings (SSSR count). The molecule has 0 saturated carbocycles. The average Bonchev–Trinajstić information content (AvgIpc) is 2.98. The van der Waals surface area contributed by atoms with Crippen LogP contribution in [0.1, 0.15) is 56.5 Å². The summed E-state index contributed by atoms with van der Waals surface area (Å²) in [6, 6.07) is 11.5. The van der Waals surface area contributed by atoms with Crippen molar-refractivity contribution in [2.75, 3.05) is 0 Å². The Labute approximate surface area is 128 Å². The molecule has 0 unspecified atom stereocenters. The number of benzene rings is 1. The highest BCUT2D eigenvalue weighted by molar-refractivity contribution is 5.22. The molecule has 0 aliphatic heterocycles. The fourth-order valence-corrected chi connectivity index (χ4v) is 2.57. The van der Waals surface area contributed by atoms with Gasteiger partial charge in [0, 0.05) is 19.3 Å². The summed E-state index contributed by atoms with van der Waals surface area (Å²) in [6.07, 6.45) is 5.47. The second-order valence-corrected chi connectivity index (χ2v) is 5.53. The predicted octanol–water partition coefficient (Wildman–Crippen LogP) is 4.10. The zero-order chi connectivity index (χ0) is 15.1. The third-order valence-corrected chi connectivity index (χ3v) is 4.05. The minimum atomic E-state index is 0.528. The van der Waals surface area contributed by atoms with Crippen LogP contribution in [0.15, 0.2) is 36.5 Å². The Balaban J connectivity index is 1.82. The molecule has 0 amide bonds. The molecule has 2 aromatic rings. The summed E-state index contributed by atoms with van der Waals surface area (Å²) in [7, 11) is 0. The SMILES string of the molecule is CCc1ccc(CNCc2ccn(C(CC)CC)n2)cc1. The number of hydrogen-bond donors (Lipinski definition) is 1. The standard InChI is InChI=1S/C18H27N3/c1-4-15-7-9-16(10-8-15)13-19-14-17-11-12-21(20-17)18(5-2)6-3/h7-12,18-19H,4-6,13-14H2,1-3H3. The summed E-state index contributed by atoms with van der Waals surface area (Å²) in [6.45, 7) is 8.33. The maximum absolute atomic E-state index is 4.66. The van der Waals surface area contributed by atoms with Gasteiger partial charge in [-0.15, -0.1) is 0 Å². The van der Waals surface area contributed by atoms with E-state index in [-0.39, 0.29) is 0 Å². The molecule has 21 heavy (non-hydrogen) atoms. The van der Waals surface area contributed by atoms with Crippen LogP contribution in [0.25, 0.3) is 0 Å². The summed E-state index contributed by atoms with van der Waals surface area (Å²) in [5.74, 6) is 0. The fraction of sp³-hybridized carbons (Fsp3) is 0.500. The van der Waals surface area contributed by atoms with Gasteiger partial charge in [-0.2, -0.15) is 5.10 Å². The van der Waals surface area contributed by atoms with Crippen molar-refractivity contribution in [1.29, 1.82) is 0 Å². The molecule has 0 radical (unpaired) electrons. The summed E-state index contributed by atoms with van der Waals surface area (Å²) >= 11 is 0. The first kappa shape index (κ1) is 15.8. The van der Waals surface area contributed by atoms with Gasteiger partial charge in [0.1, 0.15) is 0 Å². The lowest BCUT2D eigenvalue weighted by atomic mass is 10.1. The van der Waals surface area contributed by atoms with Gasteiger partial charge >= 0.3 is 0 Å². The highest BCUT2D eigenvalue weighted by Crippen LogP contribution is 2.14. The second kappa shape index (κ2) is 7.99. The molecule has 1 heterocycles. The van der Waals surface area contributed by atoms with Crippen LogP contribution in [0.4, 0.5) is 0 Å². The number of nitrogens with one attached hydrogen (secondary N) is 1. The maximum atomic E-state index is 4.66. The largest absolute Gasteiger partial charge is 0.307 e. The van der Waals surface area contributed by atoms with E-state index in [1.807, 2.05) is 0 Å². The Bertz CT molecular complexity index is 524. The molecule has 1 aromatic heterocycles. The Hall–Kier alpha value is -1.61. The molecule has 0 aliphatic carbocycles. The van der Waals surface area contributed by atoms with Gasteiger partial charge in [0.15, 0.2) is 0 Å². The Morgan fingerprint density at radius 2 is 1.62 bits per heavy atom. The molecule has 1 N–H and O–H groups in total. The Kier molecular flexibility index (Phi) is 6.00. The normalized spacial score (nSPS) is 11.2. The number of aromatic nitrogens is 2. The van der Waals surface area contributed by atoms with Crippen molar-refractivity contribution in [3.63, 3.8) is 0 Å². The third-order valence-electron chi connectivity index (χ3n) is 4.05. The van der Waals surface area contributed by atoms with Crippen molar-refractivity contribution < 1.29 is 0 Å². The lowest BCUT2D eigenvalue weighted by Gasteiger charge is -2.12. The monoisotopic (exact) mass is 285 g/mol. The summed E-state index contributed by atoms with van der Waals surface area (Å²) in [4.78, 5) is 0. The van der Waals surface area contributed by atoms with E-state index in [4.69, 9.17) is 0 Å². The highest BCUT2D eigenvalue weighted by Gasteiger charge is 2.07. The van der Waals surface area contributed by atoms with Crippen LogP contribution in [-0.4, -0.2) is 9.78 Å². The number of nitrogens with zero attached hydrogens (tertiary/aromatic N) is 2. The quantitative estimate of drug-likeness (QED) is 0.791. The van der Waals surface area contributed by atoms with Gasteiger partial charge < -0.3 is 5.32 Å². The first-order chi connectivity index (χ1) is 10.3. The Morgan fingerprint density at radius 1 is 0.952 bits per heavy atom. The van der Waals surface area contributed by atoms with Crippen molar-refractivity contribution in [2.24, 2.45) is 0 Å². The molecular formula is C18H27N3. The zero-order valence-electron chi connectivity index (χ0n) is 13.5. The number of hydrogen-bond acceptors (Lipinski definition) is 2. The van der Waals surface area contributed by atoms with Gasteiger partial charge in [-0.25, -0.2) is 0 Å². The maximum Gasteiger partial charge on any atom is 0.0762 e. The van der Waals surface area contributed by atoms with Crippen LogP contribution in [0, 0.1) is 0 Å². The molecular weight excluding hydrogens is 258 g/mol. The molecule has 0 saturated heterocycles. The molecule has 0 spiro atoms. The van der Waals surface area contributed by atoms with Gasteiger partial charge in [0.05, 0.1) is 11.7 Å². The number of aryl methyl sites for hydroxylation is 1. The van der Waals surface area contributed by atoms with Gasteiger partial charge in [-0.3, -0.25) is 4.68 Å². The van der Waals surface area contributed by atoms with Crippen LogP contribution >= 0.6 is 0 Å². The van der Waals surface area contributed by atoms with Crippen molar-refractivity contribution in [2.45, 2.75) is 59.2 Å². The van der Waals surface area contributed by atoms with E-state index in [9.17, 15) is 0 Å². The van der Waals surface area contributed by atoms with E-state index in [0.717, 1.165) is 38.0 Å². The number of rotatable bonds is 8. The highest BCUT2D eigenvalue weighted by atomic mass is 15.3. The summed E-state index contributed by atoms with van der Waals surface area (Å²) in [5.41, 5.74) is 3.83. The molecule has 0 aliphatic rings. The third kappa shape index (κ3) is 4.43. The van der Waals surface area contributed by atoms with Crippen LogP contribution in [0.5, 0.6) is 0 Å². The van der Waals surface area contributed by atoms with Gasteiger partial charge in [0.2, 0.25) is 0 Å². The van der Waals surface area contributed by atoms with Gasteiger partial charge in [0.25, 0.3) is 0 Å². The lowest BCUT2D eigenvalue weighted by Crippen LogP contribution is -2.14. The first-order valence-electron chi connectivity index (χ1n) is 8.09. The van der Waals surface area contributed by atoms with Gasteiger partial charge in [-0.05, 0) is 36.5 Å². The van der Waals surface area contributed by atoms with Crippen LogP contribution in [0.2, 0.25) is 0 Å². The van der Waals surface area contributed by atoms with Crippen molar-refractivity contribution in [3.05, 3.63) is 53.3 Å². The first-order valence-corrected chi connectivity index (χ1v) is 8.09. The smallest absolute Gasteiger partial charge is 0.0762 e. The van der Waals surface area contributed by atoms with Gasteiger partial charge in [-0.1, -0.05) is 45.0 Å². The minimum Gasteiger partial charge on any atom is -0.307 e. The van der Waals surface area contributed by atoms with E-state index in [2.05, 4.69) is 72.4 Å². The van der Waals surface area contributed by atoms with E-state index < -0.39 is 0 Å². The van der Waals surface area contributed by atoms with Crippen molar-refractivity contribution in [3.8, 4) is 0 Å².